The highest BCUT2D eigenvalue weighted by Gasteiger charge is 2.26. The molecule has 4 aromatic rings. The molecule has 0 amide bonds. The molecule has 7 heteroatoms. The summed E-state index contributed by atoms with van der Waals surface area (Å²) in [7, 11) is 0. The maximum atomic E-state index is 4.84. The van der Waals surface area contributed by atoms with Crippen molar-refractivity contribution in [2.75, 3.05) is 36.4 Å². The van der Waals surface area contributed by atoms with Crippen molar-refractivity contribution in [1.29, 1.82) is 0 Å². The molecule has 0 bridgehead atoms. The number of nitrogens with zero attached hydrogens (tertiary/aromatic N) is 5. The van der Waals surface area contributed by atoms with E-state index in [1.54, 1.807) is 0 Å². The summed E-state index contributed by atoms with van der Waals surface area (Å²) in [6.07, 6.45) is 5.85. The van der Waals surface area contributed by atoms with Gasteiger partial charge in [0.05, 0.1) is 17.6 Å². The van der Waals surface area contributed by atoms with Crippen LogP contribution in [0.2, 0.25) is 0 Å². The zero-order chi connectivity index (χ0) is 20.6. The first-order chi connectivity index (χ1) is 15.3. The maximum absolute atomic E-state index is 4.84. The third kappa shape index (κ3) is 3.41. The van der Waals surface area contributed by atoms with Crippen molar-refractivity contribution in [2.45, 2.75) is 18.9 Å². The third-order valence-corrected chi connectivity index (χ3v) is 6.32. The zero-order valence-corrected chi connectivity index (χ0v) is 17.3. The fourth-order valence-corrected chi connectivity index (χ4v) is 4.75. The number of piperazine rings is 1. The summed E-state index contributed by atoms with van der Waals surface area (Å²) in [5.41, 5.74) is 5.85. The molecule has 7 nitrogen and oxygen atoms in total. The van der Waals surface area contributed by atoms with E-state index in [1.165, 1.54) is 16.8 Å². The molecule has 1 aliphatic heterocycles. The Bertz CT molecular complexity index is 1230. The van der Waals surface area contributed by atoms with E-state index < -0.39 is 0 Å². The Labute approximate surface area is 181 Å². The SMILES string of the molecule is c1cc(Nc2ncc3cnn(C4CCc5ccccc54)c3n2)cc(N2CCNCC2)c1. The first kappa shape index (κ1) is 18.3. The molecule has 2 aliphatic rings. The highest BCUT2D eigenvalue weighted by molar-refractivity contribution is 5.76. The van der Waals surface area contributed by atoms with Crippen LogP contribution in [0, 0.1) is 0 Å². The predicted octanol–water partition coefficient (Wildman–Crippen LogP) is 3.52. The summed E-state index contributed by atoms with van der Waals surface area (Å²) in [6, 6.07) is 17.3. The largest absolute Gasteiger partial charge is 0.369 e. The van der Waals surface area contributed by atoms with Gasteiger partial charge in [-0.05, 0) is 42.2 Å². The Kier molecular flexibility index (Phi) is 4.53. The van der Waals surface area contributed by atoms with E-state index in [0.717, 1.165) is 55.7 Å². The molecular weight excluding hydrogens is 386 g/mol. The lowest BCUT2D eigenvalue weighted by Gasteiger charge is -2.29. The highest BCUT2D eigenvalue weighted by Crippen LogP contribution is 2.35. The van der Waals surface area contributed by atoms with Crippen LogP contribution in [0.5, 0.6) is 0 Å². The summed E-state index contributed by atoms with van der Waals surface area (Å²) in [5, 5.41) is 12.4. The van der Waals surface area contributed by atoms with Crippen LogP contribution in [-0.2, 0) is 6.42 Å². The summed E-state index contributed by atoms with van der Waals surface area (Å²) in [6.45, 7) is 4.08. The van der Waals surface area contributed by atoms with Gasteiger partial charge in [-0.3, -0.25) is 0 Å². The van der Waals surface area contributed by atoms with Gasteiger partial charge in [0.25, 0.3) is 0 Å². The molecule has 3 heterocycles. The van der Waals surface area contributed by atoms with E-state index in [2.05, 4.69) is 78.8 Å². The first-order valence-corrected chi connectivity index (χ1v) is 11.0. The van der Waals surface area contributed by atoms with E-state index in [1.807, 2.05) is 12.4 Å². The summed E-state index contributed by atoms with van der Waals surface area (Å²) in [5.74, 6) is 0.595. The number of aromatic nitrogens is 4. The van der Waals surface area contributed by atoms with Crippen molar-refractivity contribution in [3.8, 4) is 0 Å². The summed E-state index contributed by atoms with van der Waals surface area (Å²) < 4.78 is 2.06. The average Bonchev–Trinajstić information content (AvgIpc) is 3.43. The van der Waals surface area contributed by atoms with E-state index in [9.17, 15) is 0 Å². The second-order valence-corrected chi connectivity index (χ2v) is 8.23. The van der Waals surface area contributed by atoms with Crippen LogP contribution in [-0.4, -0.2) is 45.9 Å². The minimum absolute atomic E-state index is 0.229. The standard InChI is InChI=1S/C24H25N7/c1-2-7-21-17(4-1)8-9-22(21)31-23-18(16-27-31)15-26-24(29-23)28-19-5-3-6-20(14-19)30-12-10-25-11-13-30/h1-7,14-16,22,25H,8-13H2,(H,26,28,29). The zero-order valence-electron chi connectivity index (χ0n) is 17.3. The highest BCUT2D eigenvalue weighted by atomic mass is 15.3. The Balaban J connectivity index is 1.30. The van der Waals surface area contributed by atoms with Gasteiger partial charge in [0.1, 0.15) is 0 Å². The third-order valence-electron chi connectivity index (χ3n) is 6.32. The lowest BCUT2D eigenvalue weighted by molar-refractivity contribution is 0.533. The number of nitrogens with one attached hydrogen (secondary N) is 2. The van der Waals surface area contributed by atoms with Crippen molar-refractivity contribution >= 4 is 28.4 Å². The van der Waals surface area contributed by atoms with E-state index in [0.29, 0.717) is 5.95 Å². The molecule has 156 valence electrons. The minimum atomic E-state index is 0.229. The molecule has 0 saturated carbocycles. The Hall–Kier alpha value is -3.45. The van der Waals surface area contributed by atoms with Gasteiger partial charge >= 0.3 is 0 Å². The second-order valence-electron chi connectivity index (χ2n) is 8.23. The molecular formula is C24H25N7. The van der Waals surface area contributed by atoms with E-state index >= 15 is 0 Å². The van der Waals surface area contributed by atoms with Crippen LogP contribution in [0.25, 0.3) is 11.0 Å². The predicted molar refractivity (Wildman–Crippen MR) is 123 cm³/mol. The molecule has 1 atom stereocenters. The fraction of sp³-hybridized carbons (Fsp3) is 0.292. The van der Waals surface area contributed by atoms with E-state index in [4.69, 9.17) is 4.98 Å². The van der Waals surface area contributed by atoms with Gasteiger partial charge in [-0.25, -0.2) is 9.67 Å². The van der Waals surface area contributed by atoms with Gasteiger partial charge < -0.3 is 15.5 Å². The van der Waals surface area contributed by atoms with Crippen LogP contribution in [0.1, 0.15) is 23.6 Å². The van der Waals surface area contributed by atoms with Gasteiger partial charge in [-0.1, -0.05) is 30.3 Å². The van der Waals surface area contributed by atoms with Gasteiger partial charge in [-0.15, -0.1) is 0 Å². The minimum Gasteiger partial charge on any atom is -0.369 e. The molecule has 2 N–H and O–H groups in total. The van der Waals surface area contributed by atoms with Crippen molar-refractivity contribution < 1.29 is 0 Å². The molecule has 0 radical (unpaired) electrons. The van der Waals surface area contributed by atoms with Crippen molar-refractivity contribution in [3.05, 3.63) is 72.1 Å². The van der Waals surface area contributed by atoms with Crippen molar-refractivity contribution in [1.82, 2.24) is 25.1 Å². The molecule has 1 aliphatic carbocycles. The van der Waals surface area contributed by atoms with Crippen LogP contribution in [0.4, 0.5) is 17.3 Å². The molecule has 1 unspecified atom stereocenters. The molecule has 2 aromatic carbocycles. The van der Waals surface area contributed by atoms with E-state index in [-0.39, 0.29) is 6.04 Å². The van der Waals surface area contributed by atoms with Crippen LogP contribution >= 0.6 is 0 Å². The van der Waals surface area contributed by atoms with Crippen LogP contribution < -0.4 is 15.5 Å². The number of aryl methyl sites for hydroxylation is 1. The summed E-state index contributed by atoms with van der Waals surface area (Å²) >= 11 is 0. The topological polar surface area (TPSA) is 70.9 Å². The Morgan fingerprint density at radius 2 is 1.90 bits per heavy atom. The number of anilines is 3. The molecule has 1 fully saturated rings. The second kappa shape index (κ2) is 7.67. The van der Waals surface area contributed by atoms with Crippen molar-refractivity contribution in [3.63, 3.8) is 0 Å². The van der Waals surface area contributed by atoms with Crippen LogP contribution in [0.3, 0.4) is 0 Å². The molecule has 2 aromatic heterocycles. The smallest absolute Gasteiger partial charge is 0.229 e. The van der Waals surface area contributed by atoms with Crippen molar-refractivity contribution in [2.24, 2.45) is 0 Å². The Morgan fingerprint density at radius 1 is 1.00 bits per heavy atom. The lowest BCUT2D eigenvalue weighted by Crippen LogP contribution is -2.43. The van der Waals surface area contributed by atoms with Gasteiger partial charge in [0, 0.05) is 43.8 Å². The fourth-order valence-electron chi connectivity index (χ4n) is 4.75. The molecule has 31 heavy (non-hydrogen) atoms. The maximum Gasteiger partial charge on any atom is 0.229 e. The number of hydrogen-bond acceptors (Lipinski definition) is 6. The average molecular weight is 412 g/mol. The monoisotopic (exact) mass is 411 g/mol. The normalized spacial score (nSPS) is 18.3. The number of rotatable bonds is 4. The molecule has 1 saturated heterocycles. The molecule has 6 rings (SSSR count). The number of hydrogen-bond donors (Lipinski definition) is 2. The van der Waals surface area contributed by atoms with Gasteiger partial charge in [0.15, 0.2) is 5.65 Å². The lowest BCUT2D eigenvalue weighted by atomic mass is 10.1. The van der Waals surface area contributed by atoms with Gasteiger partial charge in [0.2, 0.25) is 5.95 Å². The Morgan fingerprint density at radius 3 is 2.84 bits per heavy atom. The first-order valence-electron chi connectivity index (χ1n) is 11.0. The van der Waals surface area contributed by atoms with Gasteiger partial charge in [-0.2, -0.15) is 10.1 Å². The quantitative estimate of drug-likeness (QED) is 0.536. The molecule has 0 spiro atoms. The number of benzene rings is 2. The number of fused-ring (bicyclic) bond motifs is 2. The van der Waals surface area contributed by atoms with Crippen LogP contribution in [0.15, 0.2) is 60.9 Å². The summed E-state index contributed by atoms with van der Waals surface area (Å²) in [4.78, 5) is 11.8.